The molecule has 2 heteroatoms. The van der Waals surface area contributed by atoms with Crippen molar-refractivity contribution >= 4 is 0 Å². The number of rotatable bonds is 7. The minimum Gasteiger partial charge on any atom is -0.490 e. The molecule has 0 bridgehead atoms. The largest absolute Gasteiger partial charge is 0.490 e. The Balaban J connectivity index is 1.69. The first kappa shape index (κ1) is 12.4. The van der Waals surface area contributed by atoms with Gasteiger partial charge in [0.15, 0.2) is 0 Å². The van der Waals surface area contributed by atoms with Crippen molar-refractivity contribution in [2.75, 3.05) is 6.54 Å². The zero-order valence-corrected chi connectivity index (χ0v) is 10.9. The molecule has 0 aliphatic heterocycles. The molecule has 1 saturated carbocycles. The third-order valence-corrected chi connectivity index (χ3v) is 2.95. The first-order valence-electron chi connectivity index (χ1n) is 6.73. The Morgan fingerprint density at radius 1 is 1.24 bits per heavy atom. The van der Waals surface area contributed by atoms with Crippen LogP contribution in [0.15, 0.2) is 24.3 Å². The van der Waals surface area contributed by atoms with E-state index in [4.69, 9.17) is 4.74 Å². The molecule has 1 aliphatic rings. The Morgan fingerprint density at radius 3 is 2.53 bits per heavy atom. The third kappa shape index (κ3) is 4.78. The zero-order valence-electron chi connectivity index (χ0n) is 10.9. The van der Waals surface area contributed by atoms with E-state index >= 15 is 0 Å². The van der Waals surface area contributed by atoms with Gasteiger partial charge in [-0.2, -0.15) is 0 Å². The topological polar surface area (TPSA) is 21.3 Å². The average Bonchev–Trinajstić information content (AvgIpc) is 3.10. The molecule has 0 saturated heterocycles. The van der Waals surface area contributed by atoms with Crippen LogP contribution in [0.5, 0.6) is 5.75 Å². The number of ether oxygens (including phenoxy) is 1. The Kier molecular flexibility index (Phi) is 4.43. The average molecular weight is 233 g/mol. The van der Waals surface area contributed by atoms with Crippen LogP contribution in [0.1, 0.15) is 38.7 Å². The molecule has 2 nitrogen and oxygen atoms in total. The molecule has 1 N–H and O–H groups in total. The molecule has 1 fully saturated rings. The van der Waals surface area contributed by atoms with Crippen molar-refractivity contribution in [3.8, 4) is 5.75 Å². The van der Waals surface area contributed by atoms with Crippen LogP contribution in [0.3, 0.4) is 0 Å². The van der Waals surface area contributed by atoms with Crippen LogP contribution in [0.25, 0.3) is 0 Å². The summed E-state index contributed by atoms with van der Waals surface area (Å²) in [5.74, 6) is 1.02. The maximum Gasteiger partial charge on any atom is 0.119 e. The van der Waals surface area contributed by atoms with E-state index in [2.05, 4.69) is 43.4 Å². The highest BCUT2D eigenvalue weighted by molar-refractivity contribution is 5.27. The standard InChI is InChI=1S/C15H23NO/c1-12(2)16-11-3-4-13-5-7-14(8-6-13)17-15-9-10-15/h5-8,12,15-16H,3-4,9-11H2,1-2H3. The highest BCUT2D eigenvalue weighted by Gasteiger charge is 2.23. The van der Waals surface area contributed by atoms with Gasteiger partial charge in [0.1, 0.15) is 5.75 Å². The molecule has 0 atom stereocenters. The van der Waals surface area contributed by atoms with Gasteiger partial charge in [0.25, 0.3) is 0 Å². The molecule has 0 heterocycles. The van der Waals surface area contributed by atoms with E-state index in [1.807, 2.05) is 0 Å². The van der Waals surface area contributed by atoms with E-state index in [0.29, 0.717) is 12.1 Å². The fraction of sp³-hybridized carbons (Fsp3) is 0.600. The predicted molar refractivity (Wildman–Crippen MR) is 71.6 cm³/mol. The third-order valence-electron chi connectivity index (χ3n) is 2.95. The number of hydrogen-bond donors (Lipinski definition) is 1. The van der Waals surface area contributed by atoms with Crippen molar-refractivity contribution in [3.63, 3.8) is 0 Å². The highest BCUT2D eigenvalue weighted by Crippen LogP contribution is 2.26. The summed E-state index contributed by atoms with van der Waals surface area (Å²) >= 11 is 0. The Hall–Kier alpha value is -1.02. The van der Waals surface area contributed by atoms with Crippen molar-refractivity contribution in [2.45, 2.75) is 51.7 Å². The number of hydrogen-bond acceptors (Lipinski definition) is 2. The molecular formula is C15H23NO. The monoisotopic (exact) mass is 233 g/mol. The van der Waals surface area contributed by atoms with Crippen molar-refractivity contribution < 1.29 is 4.74 Å². The summed E-state index contributed by atoms with van der Waals surface area (Å²) in [6.45, 7) is 5.46. The van der Waals surface area contributed by atoms with Crippen molar-refractivity contribution in [1.82, 2.24) is 5.32 Å². The number of benzene rings is 1. The van der Waals surface area contributed by atoms with Crippen LogP contribution >= 0.6 is 0 Å². The molecule has 2 rings (SSSR count). The maximum atomic E-state index is 5.73. The first-order valence-corrected chi connectivity index (χ1v) is 6.73. The second kappa shape index (κ2) is 6.06. The molecular weight excluding hydrogens is 210 g/mol. The quantitative estimate of drug-likeness (QED) is 0.730. The van der Waals surface area contributed by atoms with Gasteiger partial charge in [-0.25, -0.2) is 0 Å². The second-order valence-corrected chi connectivity index (χ2v) is 5.17. The lowest BCUT2D eigenvalue weighted by atomic mass is 10.1. The van der Waals surface area contributed by atoms with Gasteiger partial charge in [-0.05, 0) is 49.9 Å². The summed E-state index contributed by atoms with van der Waals surface area (Å²) in [4.78, 5) is 0. The zero-order chi connectivity index (χ0) is 12.1. The fourth-order valence-electron chi connectivity index (χ4n) is 1.80. The second-order valence-electron chi connectivity index (χ2n) is 5.17. The van der Waals surface area contributed by atoms with Gasteiger partial charge in [0.05, 0.1) is 6.10 Å². The number of aryl methyl sites for hydroxylation is 1. The molecule has 0 spiro atoms. The molecule has 94 valence electrons. The minimum atomic E-state index is 0.496. The maximum absolute atomic E-state index is 5.73. The molecule has 0 unspecified atom stereocenters. The van der Waals surface area contributed by atoms with E-state index in [1.54, 1.807) is 0 Å². The number of nitrogens with one attached hydrogen (secondary N) is 1. The van der Waals surface area contributed by atoms with E-state index in [1.165, 1.54) is 24.8 Å². The van der Waals surface area contributed by atoms with E-state index in [0.717, 1.165) is 18.7 Å². The van der Waals surface area contributed by atoms with Crippen molar-refractivity contribution in [3.05, 3.63) is 29.8 Å². The summed E-state index contributed by atoms with van der Waals surface area (Å²) in [5.41, 5.74) is 1.40. The van der Waals surface area contributed by atoms with E-state index < -0.39 is 0 Å². The SMILES string of the molecule is CC(C)NCCCc1ccc(OC2CC2)cc1. The lowest BCUT2D eigenvalue weighted by Gasteiger charge is -2.08. The van der Waals surface area contributed by atoms with Gasteiger partial charge >= 0.3 is 0 Å². The first-order chi connectivity index (χ1) is 8.24. The van der Waals surface area contributed by atoms with Crippen LogP contribution in [0.4, 0.5) is 0 Å². The van der Waals surface area contributed by atoms with Crippen LogP contribution in [-0.2, 0) is 6.42 Å². The molecule has 0 radical (unpaired) electrons. The summed E-state index contributed by atoms with van der Waals surface area (Å²) in [6, 6.07) is 9.16. The fourth-order valence-corrected chi connectivity index (χ4v) is 1.80. The summed E-state index contributed by atoms with van der Waals surface area (Å²) in [7, 11) is 0. The molecule has 0 amide bonds. The highest BCUT2D eigenvalue weighted by atomic mass is 16.5. The molecule has 17 heavy (non-hydrogen) atoms. The predicted octanol–water partition coefficient (Wildman–Crippen LogP) is 3.16. The van der Waals surface area contributed by atoms with Gasteiger partial charge in [-0.1, -0.05) is 26.0 Å². The van der Waals surface area contributed by atoms with Gasteiger partial charge in [0.2, 0.25) is 0 Å². The Morgan fingerprint density at radius 2 is 1.94 bits per heavy atom. The normalized spacial score (nSPS) is 15.2. The molecule has 1 aromatic rings. The Labute approximate surface area is 104 Å². The molecule has 0 aromatic heterocycles. The molecule has 1 aromatic carbocycles. The lowest BCUT2D eigenvalue weighted by Crippen LogP contribution is -2.23. The van der Waals surface area contributed by atoms with Gasteiger partial charge < -0.3 is 10.1 Å². The summed E-state index contributed by atoms with van der Waals surface area (Å²) in [5, 5.41) is 3.44. The van der Waals surface area contributed by atoms with Crippen molar-refractivity contribution in [1.29, 1.82) is 0 Å². The van der Waals surface area contributed by atoms with Gasteiger partial charge in [0, 0.05) is 6.04 Å². The summed E-state index contributed by atoms with van der Waals surface area (Å²) in [6.07, 6.45) is 5.28. The summed E-state index contributed by atoms with van der Waals surface area (Å²) < 4.78 is 5.73. The van der Waals surface area contributed by atoms with Crippen LogP contribution < -0.4 is 10.1 Å². The van der Waals surface area contributed by atoms with E-state index in [-0.39, 0.29) is 0 Å². The van der Waals surface area contributed by atoms with Gasteiger partial charge in [-0.15, -0.1) is 0 Å². The lowest BCUT2D eigenvalue weighted by molar-refractivity contribution is 0.303. The molecule has 1 aliphatic carbocycles. The van der Waals surface area contributed by atoms with Crippen molar-refractivity contribution in [2.24, 2.45) is 0 Å². The Bertz CT molecular complexity index is 327. The van der Waals surface area contributed by atoms with E-state index in [9.17, 15) is 0 Å². The van der Waals surface area contributed by atoms with Crippen LogP contribution in [0, 0.1) is 0 Å². The van der Waals surface area contributed by atoms with Gasteiger partial charge in [-0.3, -0.25) is 0 Å². The van der Waals surface area contributed by atoms with Crippen LogP contribution in [0.2, 0.25) is 0 Å². The minimum absolute atomic E-state index is 0.496. The van der Waals surface area contributed by atoms with Crippen LogP contribution in [-0.4, -0.2) is 18.7 Å². The smallest absolute Gasteiger partial charge is 0.119 e.